The topological polar surface area (TPSA) is 55.4 Å². The van der Waals surface area contributed by atoms with Gasteiger partial charge in [0.1, 0.15) is 0 Å². The molecule has 1 aromatic carbocycles. The zero-order chi connectivity index (χ0) is 19.3. The van der Waals surface area contributed by atoms with Crippen LogP contribution in [0.25, 0.3) is 5.03 Å². The number of hydrogen-bond acceptors (Lipinski definition) is 3. The number of allylic oxidation sites excluding steroid dienone is 2. The van der Waals surface area contributed by atoms with Crippen LogP contribution in [0.1, 0.15) is 56.1 Å². The number of methoxy groups -OCH3 is 1. The zero-order valence-corrected chi connectivity index (χ0v) is 16.5. The monoisotopic (exact) mass is 387 g/mol. The summed E-state index contributed by atoms with van der Waals surface area (Å²) in [6, 6.07) is 8.09. The molecule has 0 unspecified atom stereocenters. The molecule has 2 aliphatic rings. The predicted octanol–water partition coefficient (Wildman–Crippen LogP) is 4.52. The predicted molar refractivity (Wildman–Crippen MR) is 107 cm³/mol. The lowest BCUT2D eigenvalue weighted by Gasteiger charge is -2.37. The summed E-state index contributed by atoms with van der Waals surface area (Å²) in [6.07, 6.45) is 10.1. The van der Waals surface area contributed by atoms with E-state index in [9.17, 15) is 9.59 Å². The highest BCUT2D eigenvalue weighted by Gasteiger charge is 2.35. The van der Waals surface area contributed by atoms with E-state index in [1.807, 2.05) is 24.3 Å². The molecule has 4 nitrogen and oxygen atoms in total. The number of esters is 1. The van der Waals surface area contributed by atoms with Crippen molar-refractivity contribution in [3.8, 4) is 0 Å². The minimum Gasteiger partial charge on any atom is -0.469 e. The van der Waals surface area contributed by atoms with Crippen molar-refractivity contribution in [2.24, 2.45) is 0 Å². The van der Waals surface area contributed by atoms with Crippen LogP contribution in [0.4, 0.5) is 0 Å². The number of fused-ring (bicyclic) bond motifs is 1. The number of aryl methyl sites for hydroxylation is 1. The molecule has 0 aromatic heterocycles. The molecule has 0 saturated heterocycles. The van der Waals surface area contributed by atoms with E-state index in [4.69, 9.17) is 16.3 Å². The van der Waals surface area contributed by atoms with Crippen molar-refractivity contribution < 1.29 is 14.3 Å². The third-order valence-corrected chi connectivity index (χ3v) is 5.99. The summed E-state index contributed by atoms with van der Waals surface area (Å²) in [6.45, 7) is 0. The van der Waals surface area contributed by atoms with Crippen molar-refractivity contribution in [1.29, 1.82) is 0 Å². The normalized spacial score (nSPS) is 18.9. The molecule has 1 N–H and O–H groups in total. The third kappa shape index (κ3) is 4.81. The molecule has 5 heteroatoms. The molecule has 2 aliphatic carbocycles. The van der Waals surface area contributed by atoms with Gasteiger partial charge in [-0.25, -0.2) is 0 Å². The highest BCUT2D eigenvalue weighted by atomic mass is 35.5. The first-order valence-electron chi connectivity index (χ1n) is 9.57. The van der Waals surface area contributed by atoms with Crippen LogP contribution in [0.15, 0.2) is 42.0 Å². The molecule has 0 atom stereocenters. The van der Waals surface area contributed by atoms with Crippen molar-refractivity contribution in [1.82, 2.24) is 5.32 Å². The molecular weight excluding hydrogens is 362 g/mol. The summed E-state index contributed by atoms with van der Waals surface area (Å²) in [7, 11) is 1.38. The Morgan fingerprint density at radius 3 is 2.67 bits per heavy atom. The highest BCUT2D eigenvalue weighted by molar-refractivity contribution is 6.49. The minimum atomic E-state index is -0.496. The molecule has 0 bridgehead atoms. The van der Waals surface area contributed by atoms with Crippen LogP contribution in [-0.2, 0) is 20.7 Å². The summed E-state index contributed by atoms with van der Waals surface area (Å²) in [5.41, 5.74) is 2.75. The Balaban J connectivity index is 1.71. The Bertz CT molecular complexity index is 776. The molecule has 1 amide bonds. The fraction of sp³-hybridized carbons (Fsp3) is 0.455. The number of halogens is 1. The smallest absolute Gasteiger partial charge is 0.307 e. The van der Waals surface area contributed by atoms with Gasteiger partial charge >= 0.3 is 5.97 Å². The zero-order valence-electron chi connectivity index (χ0n) is 15.7. The van der Waals surface area contributed by atoms with Gasteiger partial charge in [-0.05, 0) is 42.4 Å². The summed E-state index contributed by atoms with van der Waals surface area (Å²) < 4.78 is 4.83. The third-order valence-electron chi connectivity index (χ3n) is 5.54. The van der Waals surface area contributed by atoms with Gasteiger partial charge in [-0.2, -0.15) is 0 Å². The van der Waals surface area contributed by atoms with Crippen LogP contribution < -0.4 is 5.32 Å². The molecule has 1 aromatic rings. The Labute approximate surface area is 165 Å². The van der Waals surface area contributed by atoms with Crippen LogP contribution in [0, 0.1) is 0 Å². The second-order valence-corrected chi connectivity index (χ2v) is 7.79. The number of carbonyl (C=O) groups is 2. The van der Waals surface area contributed by atoms with E-state index in [1.165, 1.54) is 12.7 Å². The molecule has 1 saturated carbocycles. The van der Waals surface area contributed by atoms with Crippen molar-refractivity contribution in [2.75, 3.05) is 7.11 Å². The van der Waals surface area contributed by atoms with Gasteiger partial charge in [0.2, 0.25) is 5.91 Å². The molecule has 0 radical (unpaired) electrons. The summed E-state index contributed by atoms with van der Waals surface area (Å²) in [5, 5.41) is 3.79. The lowest BCUT2D eigenvalue weighted by molar-refractivity contribution is -0.143. The average molecular weight is 388 g/mol. The molecule has 0 spiro atoms. The van der Waals surface area contributed by atoms with Crippen LogP contribution in [0.2, 0.25) is 0 Å². The van der Waals surface area contributed by atoms with E-state index in [0.717, 1.165) is 56.1 Å². The van der Waals surface area contributed by atoms with E-state index in [2.05, 4.69) is 11.4 Å². The lowest BCUT2D eigenvalue weighted by Crippen LogP contribution is -2.50. The molecule has 0 aliphatic heterocycles. The van der Waals surface area contributed by atoms with Crippen LogP contribution in [-0.4, -0.2) is 24.5 Å². The van der Waals surface area contributed by atoms with Gasteiger partial charge in [0, 0.05) is 6.08 Å². The van der Waals surface area contributed by atoms with Crippen molar-refractivity contribution in [3.05, 3.63) is 53.1 Å². The molecule has 144 valence electrons. The summed E-state index contributed by atoms with van der Waals surface area (Å²) in [5.74, 6) is -0.465. The largest absolute Gasteiger partial charge is 0.469 e. The number of benzene rings is 1. The van der Waals surface area contributed by atoms with Crippen molar-refractivity contribution >= 4 is 28.5 Å². The minimum absolute atomic E-state index is 0.184. The van der Waals surface area contributed by atoms with Crippen LogP contribution >= 0.6 is 11.6 Å². The lowest BCUT2D eigenvalue weighted by atomic mass is 9.79. The van der Waals surface area contributed by atoms with Crippen molar-refractivity contribution in [2.45, 2.75) is 56.9 Å². The van der Waals surface area contributed by atoms with Gasteiger partial charge in [-0.15, -0.1) is 0 Å². The van der Waals surface area contributed by atoms with E-state index >= 15 is 0 Å². The first-order chi connectivity index (χ1) is 13.0. The molecular formula is C22H26ClNO3. The van der Waals surface area contributed by atoms with Gasteiger partial charge in [-0.1, -0.05) is 61.2 Å². The number of nitrogens with one attached hydrogen (secondary N) is 1. The second-order valence-electron chi connectivity index (χ2n) is 7.41. The molecule has 3 rings (SSSR count). The van der Waals surface area contributed by atoms with Gasteiger partial charge in [-0.3, -0.25) is 9.59 Å². The van der Waals surface area contributed by atoms with Crippen molar-refractivity contribution in [3.63, 3.8) is 0 Å². The Morgan fingerprint density at radius 1 is 1.19 bits per heavy atom. The first-order valence-corrected chi connectivity index (χ1v) is 9.95. The number of amides is 1. The summed E-state index contributed by atoms with van der Waals surface area (Å²) >= 11 is 6.54. The number of carbonyl (C=O) groups excluding carboxylic acids is 2. The number of rotatable bonds is 5. The van der Waals surface area contributed by atoms with Gasteiger partial charge in [0.15, 0.2) is 0 Å². The Hall–Kier alpha value is -2.07. The quantitative estimate of drug-likeness (QED) is 0.596. The van der Waals surface area contributed by atoms with E-state index in [-0.39, 0.29) is 18.3 Å². The van der Waals surface area contributed by atoms with E-state index in [1.54, 1.807) is 6.08 Å². The summed E-state index contributed by atoms with van der Waals surface area (Å²) in [4.78, 5) is 24.4. The molecule has 1 fully saturated rings. The van der Waals surface area contributed by atoms with Gasteiger partial charge in [0.05, 0.1) is 24.1 Å². The first kappa shape index (κ1) is 19.7. The fourth-order valence-corrected chi connectivity index (χ4v) is 4.41. The SMILES string of the molecule is COC(=O)CC1(NC(=O)/C=C/C2=C(Cl)c3ccccc3CC2)CCCCC1. The number of ether oxygens (including phenoxy) is 1. The highest BCUT2D eigenvalue weighted by Crippen LogP contribution is 2.35. The standard InChI is InChI=1S/C22H26ClNO3/c1-27-20(26)15-22(13-5-2-6-14-22)24-19(25)12-11-17-10-9-16-7-3-4-8-18(16)21(17)23/h3-4,7-8,11-12H,2,5-6,9-10,13-15H2,1H3,(H,24,25)/b12-11+. The van der Waals surface area contributed by atoms with Gasteiger partial charge in [0.25, 0.3) is 0 Å². The van der Waals surface area contributed by atoms with E-state index < -0.39 is 5.54 Å². The average Bonchev–Trinajstić information content (AvgIpc) is 2.68. The maximum Gasteiger partial charge on any atom is 0.307 e. The molecule has 27 heavy (non-hydrogen) atoms. The van der Waals surface area contributed by atoms with Crippen LogP contribution in [0.3, 0.4) is 0 Å². The van der Waals surface area contributed by atoms with Crippen LogP contribution in [0.5, 0.6) is 0 Å². The second kappa shape index (κ2) is 8.75. The maximum atomic E-state index is 12.6. The van der Waals surface area contributed by atoms with Gasteiger partial charge < -0.3 is 10.1 Å². The number of hydrogen-bond donors (Lipinski definition) is 1. The molecule has 0 heterocycles. The Morgan fingerprint density at radius 2 is 1.93 bits per heavy atom. The Kier molecular flexibility index (Phi) is 6.38. The fourth-order valence-electron chi connectivity index (χ4n) is 4.06. The maximum absolute atomic E-state index is 12.6. The van der Waals surface area contributed by atoms with E-state index in [0.29, 0.717) is 5.03 Å².